The Kier molecular flexibility index (Phi) is 6.06. The normalized spacial score (nSPS) is 25.8. The van der Waals surface area contributed by atoms with Gasteiger partial charge in [0.25, 0.3) is 0 Å². The zero-order chi connectivity index (χ0) is 16.9. The molecule has 1 aromatic rings. The molecule has 140 valence electrons. The number of nitrogens with zero attached hydrogens (tertiary/aromatic N) is 2. The molecule has 5 nitrogen and oxygen atoms in total. The molecular formula is C20H33N3O2. The Morgan fingerprint density at radius 1 is 1.00 bits per heavy atom. The minimum absolute atomic E-state index is 0.128. The number of ether oxygens (including phenoxy) is 2. The first-order chi connectivity index (χ1) is 12.4. The summed E-state index contributed by atoms with van der Waals surface area (Å²) >= 11 is 0. The fourth-order valence-electron chi connectivity index (χ4n) is 4.58. The van der Waals surface area contributed by atoms with Crippen LogP contribution in [0.5, 0.6) is 0 Å². The molecule has 0 amide bonds. The lowest BCUT2D eigenvalue weighted by Gasteiger charge is -2.25. The molecule has 2 fully saturated rings. The molecule has 1 unspecified atom stereocenters. The van der Waals surface area contributed by atoms with E-state index < -0.39 is 0 Å². The maximum Gasteiger partial charge on any atom is 0.114 e. The van der Waals surface area contributed by atoms with E-state index in [1.807, 2.05) is 0 Å². The standard InChI is InChI=1S/C20H33N3O2/c1-2-4-16(5-3-1)12-21-13-19-20-18(8-11-25-19)15-23(22-20)14-17-6-9-24-10-7-17/h15-17,19,21H,1-14H2. The monoisotopic (exact) mass is 347 g/mol. The summed E-state index contributed by atoms with van der Waals surface area (Å²) in [5.41, 5.74) is 2.57. The summed E-state index contributed by atoms with van der Waals surface area (Å²) < 4.78 is 13.7. The van der Waals surface area contributed by atoms with Gasteiger partial charge in [-0.15, -0.1) is 0 Å². The van der Waals surface area contributed by atoms with Gasteiger partial charge in [-0.1, -0.05) is 19.3 Å². The van der Waals surface area contributed by atoms with Gasteiger partial charge >= 0.3 is 0 Å². The fraction of sp³-hybridized carbons (Fsp3) is 0.850. The van der Waals surface area contributed by atoms with Crippen LogP contribution in [0.2, 0.25) is 0 Å². The molecule has 4 rings (SSSR count). The second-order valence-electron chi connectivity index (χ2n) is 8.09. The molecule has 3 aliphatic rings. The van der Waals surface area contributed by atoms with Crippen molar-refractivity contribution in [3.8, 4) is 0 Å². The quantitative estimate of drug-likeness (QED) is 0.859. The molecule has 1 aliphatic carbocycles. The second kappa shape index (κ2) is 8.65. The van der Waals surface area contributed by atoms with E-state index in [1.54, 1.807) is 0 Å². The summed E-state index contributed by atoms with van der Waals surface area (Å²) in [5.74, 6) is 1.57. The van der Waals surface area contributed by atoms with E-state index in [1.165, 1.54) is 43.4 Å². The van der Waals surface area contributed by atoms with E-state index in [-0.39, 0.29) is 6.10 Å². The molecule has 1 aromatic heterocycles. The zero-order valence-electron chi connectivity index (χ0n) is 15.4. The summed E-state index contributed by atoms with van der Waals surface area (Å²) in [6.45, 7) is 5.70. The molecule has 5 heteroatoms. The zero-order valence-corrected chi connectivity index (χ0v) is 15.4. The number of nitrogens with one attached hydrogen (secondary N) is 1. The minimum atomic E-state index is 0.128. The average Bonchev–Trinajstić information content (AvgIpc) is 3.07. The first kappa shape index (κ1) is 17.5. The lowest BCUT2D eigenvalue weighted by atomic mass is 9.89. The highest BCUT2D eigenvalue weighted by molar-refractivity contribution is 5.22. The molecule has 0 bridgehead atoms. The fourth-order valence-corrected chi connectivity index (χ4v) is 4.58. The molecule has 1 atom stereocenters. The molecule has 0 radical (unpaired) electrons. The molecule has 1 saturated carbocycles. The highest BCUT2D eigenvalue weighted by Crippen LogP contribution is 2.27. The van der Waals surface area contributed by atoms with E-state index >= 15 is 0 Å². The van der Waals surface area contributed by atoms with Gasteiger partial charge in [-0.2, -0.15) is 5.10 Å². The smallest absolute Gasteiger partial charge is 0.114 e. The lowest BCUT2D eigenvalue weighted by Crippen LogP contribution is -2.31. The van der Waals surface area contributed by atoms with Gasteiger partial charge in [-0.05, 0) is 56.0 Å². The van der Waals surface area contributed by atoms with Crippen LogP contribution in [0.25, 0.3) is 0 Å². The number of fused-ring (bicyclic) bond motifs is 1. The van der Waals surface area contributed by atoms with Crippen molar-refractivity contribution in [2.24, 2.45) is 11.8 Å². The van der Waals surface area contributed by atoms with E-state index in [0.29, 0.717) is 5.92 Å². The second-order valence-corrected chi connectivity index (χ2v) is 8.09. The van der Waals surface area contributed by atoms with Crippen molar-refractivity contribution in [3.05, 3.63) is 17.5 Å². The summed E-state index contributed by atoms with van der Waals surface area (Å²) in [4.78, 5) is 0. The van der Waals surface area contributed by atoms with Crippen LogP contribution in [0, 0.1) is 11.8 Å². The molecule has 25 heavy (non-hydrogen) atoms. The van der Waals surface area contributed by atoms with Crippen LogP contribution in [-0.4, -0.2) is 42.7 Å². The highest BCUT2D eigenvalue weighted by atomic mass is 16.5. The average molecular weight is 348 g/mol. The van der Waals surface area contributed by atoms with E-state index in [0.717, 1.165) is 64.6 Å². The van der Waals surface area contributed by atoms with Gasteiger partial charge in [0.05, 0.1) is 12.3 Å². The molecular weight excluding hydrogens is 314 g/mol. The van der Waals surface area contributed by atoms with Gasteiger partial charge in [-0.3, -0.25) is 4.68 Å². The number of rotatable bonds is 6. The Labute approximate surface area is 151 Å². The van der Waals surface area contributed by atoms with Gasteiger partial charge < -0.3 is 14.8 Å². The first-order valence-electron chi connectivity index (χ1n) is 10.3. The number of hydrogen-bond donors (Lipinski definition) is 1. The molecule has 1 N–H and O–H groups in total. The van der Waals surface area contributed by atoms with Crippen molar-refractivity contribution in [1.82, 2.24) is 15.1 Å². The van der Waals surface area contributed by atoms with Crippen molar-refractivity contribution < 1.29 is 9.47 Å². The van der Waals surface area contributed by atoms with Gasteiger partial charge in [-0.25, -0.2) is 0 Å². The van der Waals surface area contributed by atoms with Gasteiger partial charge in [0.15, 0.2) is 0 Å². The third-order valence-corrected chi connectivity index (χ3v) is 6.14. The largest absolute Gasteiger partial charge is 0.381 e. The first-order valence-corrected chi connectivity index (χ1v) is 10.3. The van der Waals surface area contributed by atoms with Crippen molar-refractivity contribution in [2.45, 2.75) is 64.0 Å². The number of aromatic nitrogens is 2. The Balaban J connectivity index is 1.31. The van der Waals surface area contributed by atoms with Gasteiger partial charge in [0.1, 0.15) is 6.10 Å². The Morgan fingerprint density at radius 2 is 1.84 bits per heavy atom. The summed E-state index contributed by atoms with van der Waals surface area (Å²) in [7, 11) is 0. The van der Waals surface area contributed by atoms with Crippen LogP contribution in [0.3, 0.4) is 0 Å². The molecule has 1 saturated heterocycles. The molecule has 0 aromatic carbocycles. The summed E-state index contributed by atoms with van der Waals surface area (Å²) in [6.07, 6.45) is 12.7. The SMILES string of the molecule is c1c2c(nn1CC1CCOCC1)C(CNCC1CCCCC1)OCC2. The Morgan fingerprint density at radius 3 is 2.68 bits per heavy atom. The van der Waals surface area contributed by atoms with E-state index in [9.17, 15) is 0 Å². The molecule has 0 spiro atoms. The van der Waals surface area contributed by atoms with Crippen molar-refractivity contribution in [3.63, 3.8) is 0 Å². The van der Waals surface area contributed by atoms with Crippen molar-refractivity contribution >= 4 is 0 Å². The Bertz CT molecular complexity index is 533. The maximum absolute atomic E-state index is 6.04. The topological polar surface area (TPSA) is 48.3 Å². The van der Waals surface area contributed by atoms with E-state index in [2.05, 4.69) is 16.2 Å². The molecule has 3 heterocycles. The summed E-state index contributed by atoms with van der Waals surface area (Å²) in [5, 5.41) is 8.57. The van der Waals surface area contributed by atoms with Crippen molar-refractivity contribution in [2.75, 3.05) is 32.9 Å². The van der Waals surface area contributed by atoms with Gasteiger partial charge in [0, 0.05) is 32.5 Å². The van der Waals surface area contributed by atoms with Crippen LogP contribution in [0.1, 0.15) is 62.3 Å². The van der Waals surface area contributed by atoms with Crippen LogP contribution in [0.15, 0.2) is 6.20 Å². The third kappa shape index (κ3) is 4.63. The van der Waals surface area contributed by atoms with Crippen LogP contribution >= 0.6 is 0 Å². The number of hydrogen-bond acceptors (Lipinski definition) is 4. The van der Waals surface area contributed by atoms with Crippen LogP contribution in [-0.2, 0) is 22.4 Å². The Hall–Kier alpha value is -0.910. The third-order valence-electron chi connectivity index (χ3n) is 6.14. The maximum atomic E-state index is 6.04. The predicted octanol–water partition coefficient (Wildman–Crippen LogP) is 3.09. The minimum Gasteiger partial charge on any atom is -0.381 e. The van der Waals surface area contributed by atoms with Crippen molar-refractivity contribution in [1.29, 1.82) is 0 Å². The highest BCUT2D eigenvalue weighted by Gasteiger charge is 2.26. The summed E-state index contributed by atoms with van der Waals surface area (Å²) in [6, 6.07) is 0. The lowest BCUT2D eigenvalue weighted by molar-refractivity contribution is 0.0382. The van der Waals surface area contributed by atoms with E-state index in [4.69, 9.17) is 14.6 Å². The van der Waals surface area contributed by atoms with Gasteiger partial charge in [0.2, 0.25) is 0 Å². The molecule has 2 aliphatic heterocycles. The predicted molar refractivity (Wildman–Crippen MR) is 97.6 cm³/mol. The van der Waals surface area contributed by atoms with Crippen LogP contribution in [0.4, 0.5) is 0 Å². The van der Waals surface area contributed by atoms with Crippen LogP contribution < -0.4 is 5.32 Å².